The Morgan fingerprint density at radius 1 is 1.23 bits per heavy atom. The largest absolute Gasteiger partial charge is 0.383 e. The van der Waals surface area contributed by atoms with Crippen LogP contribution in [-0.4, -0.2) is 21.8 Å². The summed E-state index contributed by atoms with van der Waals surface area (Å²) in [7, 11) is 0. The highest BCUT2D eigenvalue weighted by Crippen LogP contribution is 2.24. The molecule has 1 aromatic carbocycles. The van der Waals surface area contributed by atoms with Gasteiger partial charge in [0.25, 0.3) is 0 Å². The zero-order valence-electron chi connectivity index (χ0n) is 12.4. The fraction of sp³-hybridized carbons (Fsp3) is 0.235. The number of hydrogen-bond acceptors (Lipinski definition) is 4. The van der Waals surface area contributed by atoms with E-state index >= 15 is 0 Å². The molecular formula is C17H19N3OS. The fourth-order valence-electron chi connectivity index (χ4n) is 2.32. The van der Waals surface area contributed by atoms with Crippen molar-refractivity contribution in [1.82, 2.24) is 15.5 Å². The molecule has 0 spiro atoms. The summed E-state index contributed by atoms with van der Waals surface area (Å²) in [5.41, 5.74) is 2.18. The van der Waals surface area contributed by atoms with Crippen LogP contribution in [-0.2, 0) is 12.1 Å². The summed E-state index contributed by atoms with van der Waals surface area (Å²) in [6.45, 7) is 2.96. The van der Waals surface area contributed by atoms with Crippen molar-refractivity contribution in [2.45, 2.75) is 19.1 Å². The first-order valence-electron chi connectivity index (χ1n) is 7.22. The Morgan fingerprint density at radius 3 is 2.77 bits per heavy atom. The third kappa shape index (κ3) is 3.44. The van der Waals surface area contributed by atoms with E-state index in [1.54, 1.807) is 11.3 Å². The second-order valence-corrected chi connectivity index (χ2v) is 6.45. The molecule has 4 nitrogen and oxygen atoms in total. The SMILES string of the molecule is CC(O)(CNCc1cc(-c2ccccc2)n[nH]1)c1cccs1. The Bertz CT molecular complexity index is 705. The van der Waals surface area contributed by atoms with Crippen molar-refractivity contribution in [2.75, 3.05) is 6.54 Å². The fourth-order valence-corrected chi connectivity index (χ4v) is 3.11. The van der Waals surface area contributed by atoms with Crippen LogP contribution in [0, 0.1) is 0 Å². The van der Waals surface area contributed by atoms with Gasteiger partial charge in [-0.3, -0.25) is 5.10 Å². The quantitative estimate of drug-likeness (QED) is 0.655. The number of aromatic amines is 1. The molecule has 5 heteroatoms. The minimum absolute atomic E-state index is 0.493. The van der Waals surface area contributed by atoms with Gasteiger partial charge >= 0.3 is 0 Å². The first-order valence-corrected chi connectivity index (χ1v) is 8.10. The first-order chi connectivity index (χ1) is 10.6. The molecular weight excluding hydrogens is 294 g/mol. The van der Waals surface area contributed by atoms with Gasteiger partial charge in [-0.05, 0) is 24.4 Å². The molecule has 0 bridgehead atoms. The molecule has 0 aliphatic carbocycles. The van der Waals surface area contributed by atoms with Gasteiger partial charge in [-0.15, -0.1) is 11.3 Å². The van der Waals surface area contributed by atoms with E-state index in [1.807, 2.05) is 60.8 Å². The smallest absolute Gasteiger partial charge is 0.108 e. The Labute approximate surface area is 133 Å². The van der Waals surface area contributed by atoms with E-state index in [1.165, 1.54) is 0 Å². The highest BCUT2D eigenvalue weighted by molar-refractivity contribution is 7.10. The van der Waals surface area contributed by atoms with Crippen molar-refractivity contribution in [3.05, 3.63) is 64.5 Å². The molecule has 0 amide bonds. The van der Waals surface area contributed by atoms with Crippen LogP contribution in [0.15, 0.2) is 53.9 Å². The van der Waals surface area contributed by atoms with Crippen LogP contribution < -0.4 is 5.32 Å². The van der Waals surface area contributed by atoms with Crippen molar-refractivity contribution >= 4 is 11.3 Å². The van der Waals surface area contributed by atoms with Crippen molar-refractivity contribution < 1.29 is 5.11 Å². The topological polar surface area (TPSA) is 60.9 Å². The monoisotopic (exact) mass is 313 g/mol. The van der Waals surface area contributed by atoms with Crippen LogP contribution in [0.5, 0.6) is 0 Å². The Hall–Kier alpha value is -1.95. The molecule has 2 heterocycles. The Morgan fingerprint density at radius 2 is 2.05 bits per heavy atom. The molecule has 0 saturated heterocycles. The van der Waals surface area contributed by atoms with Gasteiger partial charge in [0.1, 0.15) is 5.60 Å². The molecule has 3 aromatic rings. The van der Waals surface area contributed by atoms with Crippen molar-refractivity contribution in [2.24, 2.45) is 0 Å². The lowest BCUT2D eigenvalue weighted by molar-refractivity contribution is 0.0603. The van der Waals surface area contributed by atoms with Crippen molar-refractivity contribution in [3.8, 4) is 11.3 Å². The third-order valence-corrected chi connectivity index (χ3v) is 4.66. The van der Waals surface area contributed by atoms with E-state index in [9.17, 15) is 5.11 Å². The first kappa shape index (κ1) is 15.0. The summed E-state index contributed by atoms with van der Waals surface area (Å²) in [6, 6.07) is 16.0. The molecule has 0 aliphatic rings. The number of benzene rings is 1. The molecule has 0 radical (unpaired) electrons. The standard InChI is InChI=1S/C17H19N3OS/c1-17(21,16-8-5-9-22-16)12-18-11-14-10-15(20-19-14)13-6-3-2-4-7-13/h2-10,18,21H,11-12H2,1H3,(H,19,20). The van der Waals surface area contributed by atoms with Gasteiger partial charge in [0.15, 0.2) is 0 Å². The highest BCUT2D eigenvalue weighted by Gasteiger charge is 2.23. The number of rotatable bonds is 6. The van der Waals surface area contributed by atoms with Gasteiger partial charge in [-0.1, -0.05) is 36.4 Å². The van der Waals surface area contributed by atoms with Gasteiger partial charge in [0, 0.05) is 29.2 Å². The maximum Gasteiger partial charge on any atom is 0.108 e. The summed E-state index contributed by atoms with van der Waals surface area (Å²) in [5, 5.41) is 23.1. The highest BCUT2D eigenvalue weighted by atomic mass is 32.1. The number of nitrogens with zero attached hydrogens (tertiary/aromatic N) is 1. The molecule has 3 rings (SSSR count). The van der Waals surface area contributed by atoms with Crippen LogP contribution in [0.1, 0.15) is 17.5 Å². The van der Waals surface area contributed by atoms with E-state index in [-0.39, 0.29) is 0 Å². The minimum atomic E-state index is -0.851. The van der Waals surface area contributed by atoms with E-state index in [0.717, 1.165) is 21.8 Å². The predicted molar refractivity (Wildman–Crippen MR) is 89.6 cm³/mol. The zero-order valence-corrected chi connectivity index (χ0v) is 13.2. The Balaban J connectivity index is 1.58. The van der Waals surface area contributed by atoms with E-state index in [2.05, 4.69) is 15.5 Å². The number of hydrogen-bond donors (Lipinski definition) is 3. The molecule has 2 aromatic heterocycles. The lowest BCUT2D eigenvalue weighted by Crippen LogP contribution is -2.34. The van der Waals surface area contributed by atoms with Crippen LogP contribution in [0.2, 0.25) is 0 Å². The summed E-state index contributed by atoms with van der Waals surface area (Å²) < 4.78 is 0. The number of thiophene rings is 1. The van der Waals surface area contributed by atoms with E-state index in [4.69, 9.17) is 0 Å². The van der Waals surface area contributed by atoms with Crippen molar-refractivity contribution in [1.29, 1.82) is 0 Å². The van der Waals surface area contributed by atoms with Crippen LogP contribution in [0.4, 0.5) is 0 Å². The van der Waals surface area contributed by atoms with Crippen molar-refractivity contribution in [3.63, 3.8) is 0 Å². The second kappa shape index (κ2) is 6.44. The molecule has 22 heavy (non-hydrogen) atoms. The molecule has 1 atom stereocenters. The number of aliphatic hydroxyl groups is 1. The van der Waals surface area contributed by atoms with Gasteiger partial charge < -0.3 is 10.4 Å². The van der Waals surface area contributed by atoms with Gasteiger partial charge in [0.2, 0.25) is 0 Å². The van der Waals surface area contributed by atoms with E-state index in [0.29, 0.717) is 13.1 Å². The maximum absolute atomic E-state index is 10.5. The van der Waals surface area contributed by atoms with E-state index < -0.39 is 5.60 Å². The summed E-state index contributed by atoms with van der Waals surface area (Å²) >= 11 is 1.57. The summed E-state index contributed by atoms with van der Waals surface area (Å²) in [6.07, 6.45) is 0. The molecule has 0 saturated carbocycles. The van der Waals surface area contributed by atoms with Gasteiger partial charge in [-0.25, -0.2) is 0 Å². The van der Waals surface area contributed by atoms with Gasteiger partial charge in [0.05, 0.1) is 5.69 Å². The molecule has 1 unspecified atom stereocenters. The maximum atomic E-state index is 10.5. The van der Waals surface area contributed by atoms with Gasteiger partial charge in [-0.2, -0.15) is 5.10 Å². The average Bonchev–Trinajstić information content (AvgIpc) is 3.20. The Kier molecular flexibility index (Phi) is 4.38. The predicted octanol–water partition coefficient (Wildman–Crippen LogP) is 3.14. The number of H-pyrrole nitrogens is 1. The lowest BCUT2D eigenvalue weighted by Gasteiger charge is -2.22. The molecule has 3 N–H and O–H groups in total. The molecule has 114 valence electrons. The second-order valence-electron chi connectivity index (χ2n) is 5.50. The normalized spacial score (nSPS) is 13.9. The summed E-state index contributed by atoms with van der Waals surface area (Å²) in [4.78, 5) is 0.967. The number of nitrogens with one attached hydrogen (secondary N) is 2. The third-order valence-electron chi connectivity index (χ3n) is 3.54. The zero-order chi connectivity index (χ0) is 15.4. The minimum Gasteiger partial charge on any atom is -0.383 e. The average molecular weight is 313 g/mol. The van der Waals surface area contributed by atoms with Crippen LogP contribution >= 0.6 is 11.3 Å². The lowest BCUT2D eigenvalue weighted by atomic mass is 10.1. The summed E-state index contributed by atoms with van der Waals surface area (Å²) in [5.74, 6) is 0. The number of aromatic nitrogens is 2. The molecule has 0 fully saturated rings. The van der Waals surface area contributed by atoms with Crippen LogP contribution in [0.3, 0.4) is 0 Å². The molecule has 0 aliphatic heterocycles. The van der Waals surface area contributed by atoms with Crippen LogP contribution in [0.25, 0.3) is 11.3 Å².